The van der Waals surface area contributed by atoms with Crippen molar-refractivity contribution in [1.82, 2.24) is 15.5 Å². The average Bonchev–Trinajstić information content (AvgIpc) is 2.75. The van der Waals surface area contributed by atoms with Crippen LogP contribution in [0.4, 0.5) is 0 Å². The molecule has 0 bridgehead atoms. The third kappa shape index (κ3) is 7.92. The van der Waals surface area contributed by atoms with Gasteiger partial charge in [0.15, 0.2) is 0 Å². The lowest BCUT2D eigenvalue weighted by atomic mass is 10.1. The molecule has 0 saturated heterocycles. The van der Waals surface area contributed by atoms with E-state index < -0.39 is 6.04 Å². The standard InChI is InChI=1S/C24H31N3O2/c1-4-27(5-2)18-22-13-11-21(12-14-22)17-25-24(29)19(3)26-23(28)16-15-20-9-7-6-8-10-20/h6-16,19H,4-5,17-18H2,1-3H3,(H,25,29)(H,26,28)/b16-15+. The predicted molar refractivity (Wildman–Crippen MR) is 118 cm³/mol. The van der Waals surface area contributed by atoms with E-state index in [1.165, 1.54) is 11.6 Å². The smallest absolute Gasteiger partial charge is 0.244 e. The van der Waals surface area contributed by atoms with Gasteiger partial charge in [-0.05, 0) is 42.8 Å². The second-order valence-corrected chi connectivity index (χ2v) is 6.97. The maximum absolute atomic E-state index is 12.3. The van der Waals surface area contributed by atoms with Gasteiger partial charge in [-0.3, -0.25) is 14.5 Å². The second-order valence-electron chi connectivity index (χ2n) is 6.97. The zero-order valence-corrected chi connectivity index (χ0v) is 17.5. The lowest BCUT2D eigenvalue weighted by molar-refractivity contribution is -0.126. The largest absolute Gasteiger partial charge is 0.350 e. The van der Waals surface area contributed by atoms with Gasteiger partial charge in [0.05, 0.1) is 0 Å². The van der Waals surface area contributed by atoms with Crippen LogP contribution in [0.5, 0.6) is 0 Å². The molecule has 2 rings (SSSR count). The van der Waals surface area contributed by atoms with E-state index in [9.17, 15) is 9.59 Å². The average molecular weight is 394 g/mol. The van der Waals surface area contributed by atoms with Crippen LogP contribution in [-0.4, -0.2) is 35.8 Å². The van der Waals surface area contributed by atoms with Crippen molar-refractivity contribution in [3.8, 4) is 0 Å². The summed E-state index contributed by atoms with van der Waals surface area (Å²) in [6, 6.07) is 17.2. The highest BCUT2D eigenvalue weighted by Crippen LogP contribution is 2.08. The van der Waals surface area contributed by atoms with Crippen LogP contribution in [0.25, 0.3) is 6.08 Å². The quantitative estimate of drug-likeness (QED) is 0.609. The van der Waals surface area contributed by atoms with Crippen LogP contribution >= 0.6 is 0 Å². The van der Waals surface area contributed by atoms with E-state index in [1.807, 2.05) is 42.5 Å². The molecule has 2 aromatic rings. The minimum atomic E-state index is -0.607. The molecule has 2 aromatic carbocycles. The number of hydrogen-bond acceptors (Lipinski definition) is 3. The van der Waals surface area contributed by atoms with E-state index >= 15 is 0 Å². The van der Waals surface area contributed by atoms with E-state index in [1.54, 1.807) is 13.0 Å². The summed E-state index contributed by atoms with van der Waals surface area (Å²) in [7, 11) is 0. The van der Waals surface area contributed by atoms with E-state index in [0.29, 0.717) is 6.54 Å². The third-order valence-corrected chi connectivity index (χ3v) is 4.77. The van der Waals surface area contributed by atoms with Gasteiger partial charge in [0.25, 0.3) is 0 Å². The Labute approximate surface area is 173 Å². The molecule has 0 aliphatic carbocycles. The number of rotatable bonds is 10. The summed E-state index contributed by atoms with van der Waals surface area (Å²) in [5, 5.41) is 5.56. The molecule has 1 unspecified atom stereocenters. The molecule has 0 saturated carbocycles. The van der Waals surface area contributed by atoms with Gasteiger partial charge in [-0.1, -0.05) is 68.4 Å². The monoisotopic (exact) mass is 393 g/mol. The lowest BCUT2D eigenvalue weighted by Gasteiger charge is -2.18. The van der Waals surface area contributed by atoms with Crippen molar-refractivity contribution in [2.45, 2.75) is 39.9 Å². The minimum Gasteiger partial charge on any atom is -0.350 e. The van der Waals surface area contributed by atoms with Crippen molar-refractivity contribution < 1.29 is 9.59 Å². The van der Waals surface area contributed by atoms with Crippen LogP contribution in [0, 0.1) is 0 Å². The zero-order valence-electron chi connectivity index (χ0n) is 17.5. The molecule has 0 heterocycles. The van der Waals surface area contributed by atoms with Crippen molar-refractivity contribution in [2.24, 2.45) is 0 Å². The summed E-state index contributed by atoms with van der Waals surface area (Å²) in [5.74, 6) is -0.504. The molecule has 0 fully saturated rings. The van der Waals surface area contributed by atoms with Gasteiger partial charge in [0.1, 0.15) is 6.04 Å². The number of carbonyl (C=O) groups is 2. The SMILES string of the molecule is CCN(CC)Cc1ccc(CNC(=O)C(C)NC(=O)/C=C/c2ccccc2)cc1. The van der Waals surface area contributed by atoms with Gasteiger partial charge in [0, 0.05) is 19.2 Å². The highest BCUT2D eigenvalue weighted by Gasteiger charge is 2.13. The molecule has 154 valence electrons. The Balaban J connectivity index is 1.77. The first-order valence-electron chi connectivity index (χ1n) is 10.1. The molecule has 2 amide bonds. The summed E-state index contributed by atoms with van der Waals surface area (Å²) >= 11 is 0. The highest BCUT2D eigenvalue weighted by atomic mass is 16.2. The van der Waals surface area contributed by atoms with Gasteiger partial charge >= 0.3 is 0 Å². The summed E-state index contributed by atoms with van der Waals surface area (Å²) in [5.41, 5.74) is 3.22. The number of hydrogen-bond donors (Lipinski definition) is 2. The highest BCUT2D eigenvalue weighted by molar-refractivity contribution is 5.95. The third-order valence-electron chi connectivity index (χ3n) is 4.77. The van der Waals surface area contributed by atoms with Gasteiger partial charge in [-0.25, -0.2) is 0 Å². The van der Waals surface area contributed by atoms with Crippen LogP contribution in [0.2, 0.25) is 0 Å². The van der Waals surface area contributed by atoms with Crippen LogP contribution in [-0.2, 0) is 22.7 Å². The fourth-order valence-corrected chi connectivity index (χ4v) is 2.87. The van der Waals surface area contributed by atoms with Gasteiger partial charge in [0.2, 0.25) is 11.8 Å². The van der Waals surface area contributed by atoms with Crippen molar-refractivity contribution in [2.75, 3.05) is 13.1 Å². The molecule has 0 radical (unpaired) electrons. The summed E-state index contributed by atoms with van der Waals surface area (Å²) in [6.07, 6.45) is 3.16. The maximum Gasteiger partial charge on any atom is 0.244 e. The molecule has 1 atom stereocenters. The topological polar surface area (TPSA) is 61.4 Å². The second kappa shape index (κ2) is 11.8. The van der Waals surface area contributed by atoms with E-state index in [-0.39, 0.29) is 11.8 Å². The Morgan fingerprint density at radius 1 is 0.966 bits per heavy atom. The van der Waals surface area contributed by atoms with Gasteiger partial charge in [-0.15, -0.1) is 0 Å². The molecule has 0 aliphatic heterocycles. The fourth-order valence-electron chi connectivity index (χ4n) is 2.87. The molecule has 2 N–H and O–H groups in total. The summed E-state index contributed by atoms with van der Waals surface area (Å²) in [6.45, 7) is 9.41. The Morgan fingerprint density at radius 2 is 1.59 bits per heavy atom. The Kier molecular flexibility index (Phi) is 9.12. The van der Waals surface area contributed by atoms with Gasteiger partial charge < -0.3 is 10.6 Å². The maximum atomic E-state index is 12.3. The number of nitrogens with one attached hydrogen (secondary N) is 2. The molecular weight excluding hydrogens is 362 g/mol. The number of nitrogens with zero attached hydrogens (tertiary/aromatic N) is 1. The number of amides is 2. The van der Waals surface area contributed by atoms with Crippen LogP contribution < -0.4 is 10.6 Å². The molecule has 0 spiro atoms. The predicted octanol–water partition coefficient (Wildman–Crippen LogP) is 3.36. The zero-order chi connectivity index (χ0) is 21.1. The number of carbonyl (C=O) groups excluding carboxylic acids is 2. The van der Waals surface area contributed by atoms with Crippen LogP contribution in [0.15, 0.2) is 60.7 Å². The van der Waals surface area contributed by atoms with Gasteiger partial charge in [-0.2, -0.15) is 0 Å². The Bertz CT molecular complexity index is 797. The normalized spacial score (nSPS) is 12.1. The van der Waals surface area contributed by atoms with Crippen LogP contribution in [0.1, 0.15) is 37.5 Å². The first kappa shape index (κ1) is 22.4. The molecular formula is C24H31N3O2. The summed E-state index contributed by atoms with van der Waals surface area (Å²) in [4.78, 5) is 26.6. The molecule has 5 nitrogen and oxygen atoms in total. The Hall–Kier alpha value is -2.92. The fraction of sp³-hybridized carbons (Fsp3) is 0.333. The van der Waals surface area contributed by atoms with Crippen LogP contribution in [0.3, 0.4) is 0 Å². The minimum absolute atomic E-state index is 0.210. The molecule has 5 heteroatoms. The summed E-state index contributed by atoms with van der Waals surface area (Å²) < 4.78 is 0. The molecule has 29 heavy (non-hydrogen) atoms. The molecule has 0 aliphatic rings. The van der Waals surface area contributed by atoms with E-state index in [4.69, 9.17) is 0 Å². The van der Waals surface area contributed by atoms with E-state index in [0.717, 1.165) is 30.8 Å². The van der Waals surface area contributed by atoms with Crippen molar-refractivity contribution in [3.05, 3.63) is 77.4 Å². The van der Waals surface area contributed by atoms with Crippen molar-refractivity contribution in [3.63, 3.8) is 0 Å². The van der Waals surface area contributed by atoms with Crippen molar-refractivity contribution >= 4 is 17.9 Å². The first-order valence-corrected chi connectivity index (χ1v) is 10.1. The first-order chi connectivity index (χ1) is 14.0. The number of benzene rings is 2. The van der Waals surface area contributed by atoms with E-state index in [2.05, 4.69) is 41.5 Å². The van der Waals surface area contributed by atoms with Crippen molar-refractivity contribution in [1.29, 1.82) is 0 Å². The lowest BCUT2D eigenvalue weighted by Crippen LogP contribution is -2.44. The Morgan fingerprint density at radius 3 is 2.21 bits per heavy atom. The molecule has 0 aromatic heterocycles.